The van der Waals surface area contributed by atoms with Crippen LogP contribution in [0, 0.1) is 0 Å². The first-order valence-corrected chi connectivity index (χ1v) is 8.09. The number of halogens is 1. The number of carbonyl (C=O) groups is 1. The Labute approximate surface area is 133 Å². The number of furan rings is 1. The lowest BCUT2D eigenvalue weighted by molar-refractivity contribution is -0.116. The molecule has 110 valence electrons. The largest absolute Gasteiger partial charge is 0.468 e. The van der Waals surface area contributed by atoms with E-state index in [0.29, 0.717) is 11.6 Å². The predicted molar refractivity (Wildman–Crippen MR) is 88.4 cm³/mol. The number of benzene rings is 1. The van der Waals surface area contributed by atoms with Gasteiger partial charge >= 0.3 is 0 Å². The first kappa shape index (κ1) is 15.7. The molecule has 0 aliphatic carbocycles. The number of rotatable bonds is 7. The molecule has 2 aromatic rings. The third kappa shape index (κ3) is 5.69. The fourth-order valence-corrected chi connectivity index (χ4v) is 2.60. The van der Waals surface area contributed by atoms with Gasteiger partial charge in [-0.3, -0.25) is 4.79 Å². The molecule has 0 saturated heterocycles. The Kier molecular flexibility index (Phi) is 6.44. The molecule has 0 fully saturated rings. The average Bonchev–Trinajstić information content (AvgIpc) is 2.99. The number of hydrogen-bond donors (Lipinski definition) is 1. The number of amides is 1. The highest BCUT2D eigenvalue weighted by atomic mass is 35.5. The summed E-state index contributed by atoms with van der Waals surface area (Å²) >= 11 is 7.72. The van der Waals surface area contributed by atoms with E-state index in [0.717, 1.165) is 22.8 Å². The molecule has 1 aromatic heterocycles. The molecule has 1 N–H and O–H groups in total. The Morgan fingerprint density at radius 3 is 2.90 bits per heavy atom. The molecule has 0 bridgehead atoms. The highest BCUT2D eigenvalue weighted by molar-refractivity contribution is 7.98. The van der Waals surface area contributed by atoms with Gasteiger partial charge in [-0.2, -0.15) is 11.8 Å². The number of hydrogen-bond acceptors (Lipinski definition) is 3. The van der Waals surface area contributed by atoms with Crippen molar-refractivity contribution in [2.75, 3.05) is 12.3 Å². The minimum atomic E-state index is -0.117. The standard InChI is InChI=1S/C16H16ClNO2S/c17-15-6-2-1-4-13(15)7-8-16(19)18-9-11-21-12-14-5-3-10-20-14/h1-8,10H,9,11-12H2,(H,18,19)/b8-7+. The molecule has 5 heteroatoms. The van der Waals surface area contributed by atoms with E-state index in [1.807, 2.05) is 30.3 Å². The molecule has 2 rings (SSSR count). The van der Waals surface area contributed by atoms with Crippen LogP contribution < -0.4 is 5.32 Å². The summed E-state index contributed by atoms with van der Waals surface area (Å²) in [6.07, 6.45) is 4.88. The van der Waals surface area contributed by atoms with Crippen LogP contribution in [-0.4, -0.2) is 18.2 Å². The SMILES string of the molecule is O=C(/C=C/c1ccccc1Cl)NCCSCc1ccco1. The second-order valence-electron chi connectivity index (χ2n) is 4.28. The van der Waals surface area contributed by atoms with Gasteiger partial charge in [0.2, 0.25) is 5.91 Å². The molecule has 3 nitrogen and oxygen atoms in total. The monoisotopic (exact) mass is 321 g/mol. The fourth-order valence-electron chi connectivity index (χ4n) is 1.65. The number of nitrogens with one attached hydrogen (secondary N) is 1. The van der Waals surface area contributed by atoms with E-state index < -0.39 is 0 Å². The van der Waals surface area contributed by atoms with Crippen LogP contribution in [0.5, 0.6) is 0 Å². The lowest BCUT2D eigenvalue weighted by atomic mass is 10.2. The topological polar surface area (TPSA) is 42.2 Å². The minimum absolute atomic E-state index is 0.117. The van der Waals surface area contributed by atoms with Crippen LogP contribution in [0.1, 0.15) is 11.3 Å². The second kappa shape index (κ2) is 8.60. The molecule has 0 saturated carbocycles. The van der Waals surface area contributed by atoms with Gasteiger partial charge in [0, 0.05) is 23.4 Å². The van der Waals surface area contributed by atoms with Gasteiger partial charge in [-0.1, -0.05) is 29.8 Å². The molecule has 0 radical (unpaired) electrons. The summed E-state index contributed by atoms with van der Waals surface area (Å²) < 4.78 is 5.23. The van der Waals surface area contributed by atoms with E-state index in [2.05, 4.69) is 5.32 Å². The fraction of sp³-hybridized carbons (Fsp3) is 0.188. The molecule has 0 spiro atoms. The zero-order valence-electron chi connectivity index (χ0n) is 11.4. The van der Waals surface area contributed by atoms with E-state index in [1.54, 1.807) is 30.2 Å². The molecule has 0 aliphatic heterocycles. The van der Waals surface area contributed by atoms with Crippen molar-refractivity contribution in [3.05, 3.63) is 65.1 Å². The first-order chi connectivity index (χ1) is 10.3. The van der Waals surface area contributed by atoms with Crippen molar-refractivity contribution < 1.29 is 9.21 Å². The van der Waals surface area contributed by atoms with Gasteiger partial charge in [-0.05, 0) is 29.8 Å². The number of carbonyl (C=O) groups excluding carboxylic acids is 1. The van der Waals surface area contributed by atoms with Crippen molar-refractivity contribution in [3.63, 3.8) is 0 Å². The maximum absolute atomic E-state index is 11.7. The Hall–Kier alpha value is -1.65. The van der Waals surface area contributed by atoms with Crippen LogP contribution in [0.15, 0.2) is 53.2 Å². The zero-order valence-corrected chi connectivity index (χ0v) is 13.0. The van der Waals surface area contributed by atoms with E-state index in [9.17, 15) is 4.79 Å². The van der Waals surface area contributed by atoms with Gasteiger partial charge in [0.1, 0.15) is 5.76 Å². The highest BCUT2D eigenvalue weighted by Gasteiger charge is 1.99. The van der Waals surface area contributed by atoms with Gasteiger partial charge in [0.05, 0.1) is 12.0 Å². The zero-order chi connectivity index (χ0) is 14.9. The van der Waals surface area contributed by atoms with Crippen LogP contribution >= 0.6 is 23.4 Å². The Bertz CT molecular complexity index is 596. The molecular formula is C16H16ClNO2S. The summed E-state index contributed by atoms with van der Waals surface area (Å²) in [6.45, 7) is 0.622. The summed E-state index contributed by atoms with van der Waals surface area (Å²) in [4.78, 5) is 11.7. The molecule has 0 atom stereocenters. The van der Waals surface area contributed by atoms with Gasteiger partial charge in [-0.25, -0.2) is 0 Å². The molecule has 1 aromatic carbocycles. The van der Waals surface area contributed by atoms with Gasteiger partial charge in [0.15, 0.2) is 0 Å². The van der Waals surface area contributed by atoms with Crippen molar-refractivity contribution >= 4 is 35.3 Å². The van der Waals surface area contributed by atoms with Crippen LogP contribution in [0.3, 0.4) is 0 Å². The Morgan fingerprint density at radius 1 is 1.29 bits per heavy atom. The van der Waals surface area contributed by atoms with Gasteiger partial charge in [-0.15, -0.1) is 0 Å². The smallest absolute Gasteiger partial charge is 0.244 e. The molecule has 0 aliphatic rings. The van der Waals surface area contributed by atoms with Crippen molar-refractivity contribution in [3.8, 4) is 0 Å². The quantitative estimate of drug-likeness (QED) is 0.619. The lowest BCUT2D eigenvalue weighted by Gasteiger charge is -2.02. The third-order valence-electron chi connectivity index (χ3n) is 2.69. The van der Waals surface area contributed by atoms with E-state index in [-0.39, 0.29) is 5.91 Å². The predicted octanol–water partition coefficient (Wildman–Crippen LogP) is 4.00. The Morgan fingerprint density at radius 2 is 2.14 bits per heavy atom. The average molecular weight is 322 g/mol. The van der Waals surface area contributed by atoms with Crippen molar-refractivity contribution in [1.82, 2.24) is 5.32 Å². The highest BCUT2D eigenvalue weighted by Crippen LogP contribution is 2.16. The number of thioether (sulfide) groups is 1. The van der Waals surface area contributed by atoms with E-state index >= 15 is 0 Å². The molecular weight excluding hydrogens is 306 g/mol. The molecule has 0 unspecified atom stereocenters. The van der Waals surface area contributed by atoms with Crippen LogP contribution in [0.4, 0.5) is 0 Å². The van der Waals surface area contributed by atoms with Gasteiger partial charge < -0.3 is 9.73 Å². The molecule has 1 amide bonds. The van der Waals surface area contributed by atoms with Crippen molar-refractivity contribution in [1.29, 1.82) is 0 Å². The normalized spacial score (nSPS) is 10.9. The first-order valence-electron chi connectivity index (χ1n) is 6.56. The summed E-state index contributed by atoms with van der Waals surface area (Å²) in [5, 5.41) is 3.47. The van der Waals surface area contributed by atoms with Crippen LogP contribution in [0.25, 0.3) is 6.08 Å². The van der Waals surface area contributed by atoms with Crippen molar-refractivity contribution in [2.24, 2.45) is 0 Å². The molecule has 21 heavy (non-hydrogen) atoms. The molecule has 1 heterocycles. The second-order valence-corrected chi connectivity index (χ2v) is 5.79. The van der Waals surface area contributed by atoms with E-state index in [4.69, 9.17) is 16.0 Å². The maximum atomic E-state index is 11.7. The van der Waals surface area contributed by atoms with Crippen molar-refractivity contribution in [2.45, 2.75) is 5.75 Å². The third-order valence-corrected chi connectivity index (χ3v) is 4.02. The summed E-state index contributed by atoms with van der Waals surface area (Å²) in [5.41, 5.74) is 0.835. The minimum Gasteiger partial charge on any atom is -0.468 e. The Balaban J connectivity index is 1.64. The van der Waals surface area contributed by atoms with Crippen LogP contribution in [0.2, 0.25) is 5.02 Å². The van der Waals surface area contributed by atoms with Crippen LogP contribution in [-0.2, 0) is 10.5 Å². The summed E-state index contributed by atoms with van der Waals surface area (Å²) in [5.74, 6) is 2.49. The summed E-state index contributed by atoms with van der Waals surface area (Å²) in [6, 6.07) is 11.2. The van der Waals surface area contributed by atoms with E-state index in [1.165, 1.54) is 6.08 Å². The maximum Gasteiger partial charge on any atom is 0.244 e. The lowest BCUT2D eigenvalue weighted by Crippen LogP contribution is -2.23. The summed E-state index contributed by atoms with van der Waals surface area (Å²) in [7, 11) is 0. The van der Waals surface area contributed by atoms with Gasteiger partial charge in [0.25, 0.3) is 0 Å².